The van der Waals surface area contributed by atoms with Crippen LogP contribution in [-0.2, 0) is 4.79 Å². The molecular formula is C16H11Cl2FN4O3. The van der Waals surface area contributed by atoms with E-state index < -0.39 is 17.6 Å². The van der Waals surface area contributed by atoms with Gasteiger partial charge in [-0.3, -0.25) is 9.59 Å². The lowest BCUT2D eigenvalue weighted by molar-refractivity contribution is -0.115. The maximum Gasteiger partial charge on any atom is 0.323 e. The lowest BCUT2D eigenvalue weighted by atomic mass is 10.2. The molecule has 0 bridgehead atoms. The van der Waals surface area contributed by atoms with E-state index in [1.54, 1.807) is 18.2 Å². The van der Waals surface area contributed by atoms with Gasteiger partial charge in [0, 0.05) is 5.69 Å². The molecule has 134 valence electrons. The van der Waals surface area contributed by atoms with Gasteiger partial charge in [-0.05, 0) is 30.3 Å². The van der Waals surface area contributed by atoms with Crippen LogP contribution >= 0.6 is 23.2 Å². The highest BCUT2D eigenvalue weighted by Gasteiger charge is 2.15. The number of amides is 2. The zero-order chi connectivity index (χ0) is 18.8. The van der Waals surface area contributed by atoms with Gasteiger partial charge in [-0.15, -0.1) is 0 Å². The topological polar surface area (TPSA) is 107 Å². The van der Waals surface area contributed by atoms with Gasteiger partial charge in [-0.1, -0.05) is 23.2 Å². The minimum atomic E-state index is -0.792. The largest absolute Gasteiger partial charge is 0.343 e. The molecule has 0 fully saturated rings. The number of fused-ring (bicyclic) bond motifs is 1. The number of anilines is 1. The molecule has 0 atom stereocenters. The van der Waals surface area contributed by atoms with Crippen molar-refractivity contribution in [3.8, 4) is 0 Å². The van der Waals surface area contributed by atoms with Gasteiger partial charge in [0.25, 0.3) is 5.91 Å². The molecule has 0 spiro atoms. The van der Waals surface area contributed by atoms with Crippen LogP contribution in [0.4, 0.5) is 10.1 Å². The van der Waals surface area contributed by atoms with Crippen LogP contribution in [0.15, 0.2) is 35.1 Å². The highest BCUT2D eigenvalue weighted by molar-refractivity contribution is 6.36. The van der Waals surface area contributed by atoms with Crippen molar-refractivity contribution < 1.29 is 14.0 Å². The zero-order valence-corrected chi connectivity index (χ0v) is 14.5. The second-order valence-corrected chi connectivity index (χ2v) is 6.13. The molecule has 0 saturated carbocycles. The summed E-state index contributed by atoms with van der Waals surface area (Å²) >= 11 is 11.4. The van der Waals surface area contributed by atoms with Crippen molar-refractivity contribution >= 4 is 51.7 Å². The predicted octanol–water partition coefficient (Wildman–Crippen LogP) is 2.67. The maximum absolute atomic E-state index is 13.5. The highest BCUT2D eigenvalue weighted by atomic mass is 35.5. The number of halogens is 3. The normalized spacial score (nSPS) is 10.7. The first-order valence-electron chi connectivity index (χ1n) is 7.28. The first-order valence-corrected chi connectivity index (χ1v) is 8.04. The summed E-state index contributed by atoms with van der Waals surface area (Å²) in [6.45, 7) is -0.360. The molecule has 7 nitrogen and oxygen atoms in total. The van der Waals surface area contributed by atoms with E-state index in [0.717, 1.165) is 12.1 Å². The second kappa shape index (κ2) is 7.19. The number of carbonyl (C=O) groups is 2. The highest BCUT2D eigenvalue weighted by Crippen LogP contribution is 2.24. The molecule has 26 heavy (non-hydrogen) atoms. The third-order valence-electron chi connectivity index (χ3n) is 3.46. The Morgan fingerprint density at radius 3 is 2.54 bits per heavy atom. The van der Waals surface area contributed by atoms with E-state index in [9.17, 15) is 18.8 Å². The molecule has 0 radical (unpaired) electrons. The molecule has 0 aliphatic heterocycles. The van der Waals surface area contributed by atoms with Crippen LogP contribution in [0.2, 0.25) is 10.0 Å². The van der Waals surface area contributed by atoms with Crippen LogP contribution in [0, 0.1) is 5.82 Å². The number of carbonyl (C=O) groups excluding carboxylic acids is 2. The number of aromatic nitrogens is 2. The van der Waals surface area contributed by atoms with E-state index in [0.29, 0.717) is 16.7 Å². The number of aromatic amines is 2. The van der Waals surface area contributed by atoms with E-state index in [2.05, 4.69) is 20.6 Å². The van der Waals surface area contributed by atoms with Crippen LogP contribution in [0.5, 0.6) is 0 Å². The average molecular weight is 397 g/mol. The van der Waals surface area contributed by atoms with Crippen molar-refractivity contribution in [2.45, 2.75) is 0 Å². The Balaban J connectivity index is 1.63. The molecule has 10 heteroatoms. The van der Waals surface area contributed by atoms with E-state index in [1.165, 1.54) is 0 Å². The summed E-state index contributed by atoms with van der Waals surface area (Å²) in [5, 5.41) is 4.67. The Bertz CT molecular complexity index is 1080. The summed E-state index contributed by atoms with van der Waals surface area (Å²) in [6, 6.07) is 6.79. The van der Waals surface area contributed by atoms with E-state index in [4.69, 9.17) is 23.2 Å². The molecule has 0 aliphatic carbocycles. The van der Waals surface area contributed by atoms with E-state index >= 15 is 0 Å². The number of hydrogen-bond donors (Lipinski definition) is 4. The Kier molecular flexibility index (Phi) is 4.97. The van der Waals surface area contributed by atoms with Gasteiger partial charge in [-0.25, -0.2) is 9.18 Å². The first-order chi connectivity index (χ1) is 12.3. The minimum Gasteiger partial charge on any atom is -0.343 e. The van der Waals surface area contributed by atoms with Crippen LogP contribution < -0.4 is 16.3 Å². The summed E-state index contributed by atoms with van der Waals surface area (Å²) in [7, 11) is 0. The van der Waals surface area contributed by atoms with Crippen molar-refractivity contribution in [3.63, 3.8) is 0 Å². The molecule has 2 aromatic carbocycles. The van der Waals surface area contributed by atoms with Crippen molar-refractivity contribution in [3.05, 3.63) is 62.2 Å². The van der Waals surface area contributed by atoms with Gasteiger partial charge in [0.1, 0.15) is 5.82 Å². The minimum absolute atomic E-state index is 0.0313. The average Bonchev–Trinajstić information content (AvgIpc) is 2.95. The molecule has 2 amide bonds. The molecule has 0 aliphatic rings. The lowest BCUT2D eigenvalue weighted by Gasteiger charge is -2.09. The maximum atomic E-state index is 13.5. The third-order valence-corrected chi connectivity index (χ3v) is 4.07. The quantitative estimate of drug-likeness (QED) is 0.509. The summed E-state index contributed by atoms with van der Waals surface area (Å²) in [6.07, 6.45) is 0. The molecule has 1 aromatic heterocycles. The van der Waals surface area contributed by atoms with Crippen molar-refractivity contribution in [1.29, 1.82) is 0 Å². The number of nitrogens with one attached hydrogen (secondary N) is 4. The number of imidazole rings is 1. The molecule has 0 unspecified atom stereocenters. The van der Waals surface area contributed by atoms with Crippen LogP contribution in [0.25, 0.3) is 11.0 Å². The van der Waals surface area contributed by atoms with E-state index in [1.807, 2.05) is 0 Å². The summed E-state index contributed by atoms with van der Waals surface area (Å²) in [4.78, 5) is 40.4. The van der Waals surface area contributed by atoms with Crippen LogP contribution in [0.3, 0.4) is 0 Å². The van der Waals surface area contributed by atoms with Gasteiger partial charge in [-0.2, -0.15) is 0 Å². The van der Waals surface area contributed by atoms with Crippen molar-refractivity contribution in [1.82, 2.24) is 15.3 Å². The number of benzene rings is 2. The Morgan fingerprint density at radius 1 is 1.04 bits per heavy atom. The fourth-order valence-electron chi connectivity index (χ4n) is 2.27. The fraction of sp³-hybridized carbons (Fsp3) is 0.0625. The van der Waals surface area contributed by atoms with Gasteiger partial charge in [0.2, 0.25) is 5.91 Å². The smallest absolute Gasteiger partial charge is 0.323 e. The summed E-state index contributed by atoms with van der Waals surface area (Å²) < 4.78 is 13.5. The molecule has 4 N–H and O–H groups in total. The van der Waals surface area contributed by atoms with Gasteiger partial charge in [0.05, 0.1) is 33.2 Å². The van der Waals surface area contributed by atoms with Gasteiger partial charge >= 0.3 is 5.69 Å². The van der Waals surface area contributed by atoms with Gasteiger partial charge < -0.3 is 20.6 Å². The Labute approximate surface area is 155 Å². The SMILES string of the molecule is O=C(CNC(=O)c1cc(F)c(Cl)cc1Cl)Nc1ccc2[nH]c(=O)[nH]c2c1. The molecule has 3 aromatic rings. The third kappa shape index (κ3) is 3.87. The predicted molar refractivity (Wildman–Crippen MR) is 96.3 cm³/mol. The Hall–Kier alpha value is -2.84. The second-order valence-electron chi connectivity index (χ2n) is 5.32. The molecular weight excluding hydrogens is 386 g/mol. The Morgan fingerprint density at radius 2 is 1.77 bits per heavy atom. The van der Waals surface area contributed by atoms with Crippen LogP contribution in [0.1, 0.15) is 10.4 Å². The fourth-order valence-corrected chi connectivity index (χ4v) is 2.74. The van der Waals surface area contributed by atoms with E-state index in [-0.39, 0.29) is 27.8 Å². The molecule has 1 heterocycles. The molecule has 0 saturated heterocycles. The number of hydrogen-bond acceptors (Lipinski definition) is 3. The van der Waals surface area contributed by atoms with Crippen molar-refractivity contribution in [2.24, 2.45) is 0 Å². The standard InChI is InChI=1S/C16H11Cl2FN4O3/c17-9-5-10(18)11(19)4-8(9)15(25)20-6-14(24)21-7-1-2-12-13(3-7)23-16(26)22-12/h1-5H,6H2,(H,20,25)(H,21,24)(H2,22,23,26). The first kappa shape index (κ1) is 18.0. The van der Waals surface area contributed by atoms with Crippen molar-refractivity contribution in [2.75, 3.05) is 11.9 Å². The summed E-state index contributed by atoms with van der Waals surface area (Å²) in [5.74, 6) is -2.02. The van der Waals surface area contributed by atoms with Crippen LogP contribution in [-0.4, -0.2) is 28.3 Å². The lowest BCUT2D eigenvalue weighted by Crippen LogP contribution is -2.33. The zero-order valence-electron chi connectivity index (χ0n) is 13.0. The monoisotopic (exact) mass is 396 g/mol. The number of H-pyrrole nitrogens is 2. The van der Waals surface area contributed by atoms with Gasteiger partial charge in [0.15, 0.2) is 0 Å². The summed E-state index contributed by atoms with van der Waals surface area (Å²) in [5.41, 5.74) is 1.07. The number of rotatable bonds is 4. The molecule has 3 rings (SSSR count).